The summed E-state index contributed by atoms with van der Waals surface area (Å²) in [6.07, 6.45) is 7.85. The molecule has 0 fully saturated rings. The number of aromatic amines is 1. The summed E-state index contributed by atoms with van der Waals surface area (Å²) in [4.78, 5) is 29.7. The van der Waals surface area contributed by atoms with Crippen molar-refractivity contribution in [2.24, 2.45) is 0 Å². The monoisotopic (exact) mass is 636 g/mol. The van der Waals surface area contributed by atoms with Gasteiger partial charge in [-0.25, -0.2) is 9.37 Å². The van der Waals surface area contributed by atoms with E-state index in [0.29, 0.717) is 33.5 Å². The van der Waals surface area contributed by atoms with Gasteiger partial charge in [0.25, 0.3) is 5.91 Å². The molecule has 0 saturated carbocycles. The number of halogens is 2. The van der Waals surface area contributed by atoms with Crippen LogP contribution in [0.1, 0.15) is 44.2 Å². The average molecular weight is 636 g/mol. The van der Waals surface area contributed by atoms with Crippen LogP contribution in [-0.4, -0.2) is 33.5 Å². The van der Waals surface area contributed by atoms with Crippen LogP contribution < -0.4 is 16.0 Å². The fourth-order valence-electron chi connectivity index (χ4n) is 4.46. The van der Waals surface area contributed by atoms with Gasteiger partial charge in [-0.05, 0) is 88.5 Å². The van der Waals surface area contributed by atoms with Gasteiger partial charge in [-0.1, -0.05) is 30.4 Å². The first-order valence-electron chi connectivity index (χ1n) is 12.4. The van der Waals surface area contributed by atoms with Gasteiger partial charge in [0.2, 0.25) is 5.91 Å². The molecule has 3 heterocycles. The van der Waals surface area contributed by atoms with Crippen LogP contribution in [0, 0.1) is 16.3 Å². The zero-order valence-electron chi connectivity index (χ0n) is 21.1. The molecule has 2 amide bonds. The molecular formula is C29H26FIN6O2. The Labute approximate surface area is 238 Å². The number of hydrogen-bond donors (Lipinski definition) is 4. The third kappa shape index (κ3) is 6.17. The zero-order chi connectivity index (χ0) is 27.4. The third-order valence-electron chi connectivity index (χ3n) is 6.57. The van der Waals surface area contributed by atoms with Crippen molar-refractivity contribution in [3.05, 3.63) is 110 Å². The Bertz CT molecular complexity index is 1570. The summed E-state index contributed by atoms with van der Waals surface area (Å²) < 4.78 is 14.3. The molecule has 0 bridgehead atoms. The summed E-state index contributed by atoms with van der Waals surface area (Å²) in [5.74, 6) is -0.418. The number of aryl methyl sites for hydroxylation is 1. The molecule has 1 atom stereocenters. The maximum Gasteiger partial charge on any atom is 0.255 e. The third-order valence-corrected chi connectivity index (χ3v) is 7.45. The maximum atomic E-state index is 13.8. The van der Waals surface area contributed by atoms with Crippen LogP contribution in [0.3, 0.4) is 0 Å². The highest BCUT2D eigenvalue weighted by molar-refractivity contribution is 14.1. The van der Waals surface area contributed by atoms with Crippen LogP contribution in [0.4, 0.5) is 15.9 Å². The number of H-pyrrole nitrogens is 1. The molecule has 0 spiro atoms. The second-order valence-corrected chi connectivity index (χ2v) is 10.4. The Balaban J connectivity index is 1.19. The van der Waals surface area contributed by atoms with Gasteiger partial charge in [-0.2, -0.15) is 5.10 Å². The molecule has 0 radical (unpaired) electrons. The fourth-order valence-corrected chi connectivity index (χ4v) is 4.80. The molecule has 0 saturated heterocycles. The van der Waals surface area contributed by atoms with E-state index in [4.69, 9.17) is 0 Å². The quantitative estimate of drug-likeness (QED) is 0.189. The van der Waals surface area contributed by atoms with E-state index >= 15 is 0 Å². The number of carbonyl (C=O) groups is 2. The molecule has 0 aliphatic carbocycles. The van der Waals surface area contributed by atoms with Gasteiger partial charge in [0, 0.05) is 34.2 Å². The SMILES string of the molecule is Cc1[nH]ncc1CC1C(=O)Nc2cc(/C=C/CNc3ncccc3C(=O)NCc3ccc(I)c(F)c3)ccc21. The highest BCUT2D eigenvalue weighted by Gasteiger charge is 2.31. The Morgan fingerprint density at radius 3 is 2.87 bits per heavy atom. The van der Waals surface area contributed by atoms with E-state index < -0.39 is 0 Å². The highest BCUT2D eigenvalue weighted by Crippen LogP contribution is 2.36. The van der Waals surface area contributed by atoms with Crippen molar-refractivity contribution in [3.8, 4) is 0 Å². The number of nitrogens with one attached hydrogen (secondary N) is 4. The summed E-state index contributed by atoms with van der Waals surface area (Å²) in [6.45, 7) is 2.59. The van der Waals surface area contributed by atoms with Crippen LogP contribution in [-0.2, 0) is 17.8 Å². The number of anilines is 2. The minimum Gasteiger partial charge on any atom is -0.366 e. The van der Waals surface area contributed by atoms with Crippen molar-refractivity contribution in [2.75, 3.05) is 17.2 Å². The summed E-state index contributed by atoms with van der Waals surface area (Å²) in [6, 6.07) is 14.2. The smallest absolute Gasteiger partial charge is 0.255 e. The Morgan fingerprint density at radius 1 is 1.21 bits per heavy atom. The Morgan fingerprint density at radius 2 is 2.08 bits per heavy atom. The van der Waals surface area contributed by atoms with Gasteiger partial charge in [-0.15, -0.1) is 0 Å². The van der Waals surface area contributed by atoms with Gasteiger partial charge >= 0.3 is 0 Å². The van der Waals surface area contributed by atoms with Crippen LogP contribution in [0.15, 0.2) is 67.0 Å². The van der Waals surface area contributed by atoms with Crippen molar-refractivity contribution < 1.29 is 14.0 Å². The van der Waals surface area contributed by atoms with Crippen molar-refractivity contribution in [1.29, 1.82) is 0 Å². The summed E-state index contributed by atoms with van der Waals surface area (Å²) >= 11 is 1.93. The fraction of sp³-hybridized carbons (Fsp3) is 0.172. The first-order valence-corrected chi connectivity index (χ1v) is 13.5. The van der Waals surface area contributed by atoms with Gasteiger partial charge in [0.05, 0.1) is 17.7 Å². The van der Waals surface area contributed by atoms with Gasteiger partial charge < -0.3 is 16.0 Å². The second-order valence-electron chi connectivity index (χ2n) is 9.23. The van der Waals surface area contributed by atoms with Crippen molar-refractivity contribution in [3.63, 3.8) is 0 Å². The van der Waals surface area contributed by atoms with Gasteiger partial charge in [0.15, 0.2) is 0 Å². The largest absolute Gasteiger partial charge is 0.366 e. The number of pyridine rings is 1. The summed E-state index contributed by atoms with van der Waals surface area (Å²) in [5, 5.41) is 16.0. The van der Waals surface area contributed by atoms with Crippen LogP contribution in [0.25, 0.3) is 6.08 Å². The molecule has 2 aromatic carbocycles. The summed E-state index contributed by atoms with van der Waals surface area (Å²) in [5.41, 5.74) is 5.82. The number of aromatic nitrogens is 3. The highest BCUT2D eigenvalue weighted by atomic mass is 127. The molecule has 198 valence electrons. The van der Waals surface area contributed by atoms with Gasteiger partial charge in [-0.3, -0.25) is 14.7 Å². The normalized spacial score (nSPS) is 14.3. The standard InChI is InChI=1S/C29H26FIN6O2/c1-17-20(16-35-37-17)14-23-21-8-6-18(13-26(21)36-29(23)39)4-2-10-32-27-22(5-3-11-33-27)28(38)34-15-19-7-9-25(31)24(30)12-19/h2-9,11-13,16,23H,10,14-15H2,1H3,(H,32,33)(H,34,38)(H,35,37)(H,36,39)/b4-2+. The van der Waals surface area contributed by atoms with E-state index in [-0.39, 0.29) is 30.1 Å². The maximum absolute atomic E-state index is 13.8. The molecule has 2 aromatic heterocycles. The molecule has 1 aliphatic rings. The molecule has 4 N–H and O–H groups in total. The molecule has 1 aliphatic heterocycles. The van der Waals surface area contributed by atoms with Crippen molar-refractivity contribution in [1.82, 2.24) is 20.5 Å². The first kappa shape index (κ1) is 26.5. The number of rotatable bonds is 9. The lowest BCUT2D eigenvalue weighted by atomic mass is 9.93. The first-order chi connectivity index (χ1) is 18.9. The molecule has 1 unspecified atom stereocenters. The average Bonchev–Trinajstić information content (AvgIpc) is 3.48. The van der Waals surface area contributed by atoms with E-state index in [0.717, 1.165) is 28.1 Å². The topological polar surface area (TPSA) is 112 Å². The predicted molar refractivity (Wildman–Crippen MR) is 157 cm³/mol. The predicted octanol–water partition coefficient (Wildman–Crippen LogP) is 5.19. The van der Waals surface area contributed by atoms with E-state index in [1.165, 1.54) is 6.07 Å². The zero-order valence-corrected chi connectivity index (χ0v) is 23.3. The molecule has 8 nitrogen and oxygen atoms in total. The molecular weight excluding hydrogens is 610 g/mol. The Hall–Kier alpha value is -4.06. The van der Waals surface area contributed by atoms with Crippen LogP contribution >= 0.6 is 22.6 Å². The second kappa shape index (κ2) is 11.8. The van der Waals surface area contributed by atoms with Crippen molar-refractivity contribution in [2.45, 2.75) is 25.8 Å². The number of hydrogen-bond acceptors (Lipinski definition) is 5. The van der Waals surface area contributed by atoms with Gasteiger partial charge in [0.1, 0.15) is 11.6 Å². The Kier molecular flexibility index (Phi) is 8.01. The molecule has 5 rings (SSSR count). The van der Waals surface area contributed by atoms with E-state index in [9.17, 15) is 14.0 Å². The number of benzene rings is 2. The number of carbonyl (C=O) groups excluding carboxylic acids is 2. The van der Waals surface area contributed by atoms with Crippen molar-refractivity contribution >= 4 is 52.0 Å². The van der Waals surface area contributed by atoms with E-state index in [2.05, 4.69) is 31.1 Å². The molecule has 4 aromatic rings. The minimum atomic E-state index is -0.312. The van der Waals surface area contributed by atoms with Crippen LogP contribution in [0.2, 0.25) is 0 Å². The molecule has 39 heavy (non-hydrogen) atoms. The van der Waals surface area contributed by atoms with E-state index in [1.54, 1.807) is 36.7 Å². The lowest BCUT2D eigenvalue weighted by Crippen LogP contribution is -2.24. The lowest BCUT2D eigenvalue weighted by molar-refractivity contribution is -0.117. The van der Waals surface area contributed by atoms with E-state index in [1.807, 2.05) is 59.9 Å². The number of fused-ring (bicyclic) bond motifs is 1. The number of nitrogens with zero attached hydrogens (tertiary/aromatic N) is 2. The summed E-state index contributed by atoms with van der Waals surface area (Å²) in [7, 11) is 0. The lowest BCUT2D eigenvalue weighted by Gasteiger charge is -2.10. The minimum absolute atomic E-state index is 0.0125. The molecule has 10 heteroatoms. The number of amides is 2. The van der Waals surface area contributed by atoms with Crippen LogP contribution in [0.5, 0.6) is 0 Å².